The van der Waals surface area contributed by atoms with Crippen molar-refractivity contribution in [2.75, 3.05) is 5.73 Å². The number of halogens is 1. The molecule has 158 valence electrons. The Bertz CT molecular complexity index is 1360. The third kappa shape index (κ3) is 3.70. The number of nitrogens with zero attached hydrogens (tertiary/aromatic N) is 1. The zero-order valence-electron chi connectivity index (χ0n) is 17.5. The Kier molecular flexibility index (Phi) is 5.33. The molecule has 0 atom stereocenters. The van der Waals surface area contributed by atoms with E-state index in [1.165, 1.54) is 4.57 Å². The van der Waals surface area contributed by atoms with Gasteiger partial charge >= 0.3 is 0 Å². The predicted octanol–water partition coefficient (Wildman–Crippen LogP) is 5.46. The van der Waals surface area contributed by atoms with Gasteiger partial charge in [0.05, 0.1) is 10.7 Å². The lowest BCUT2D eigenvalue weighted by atomic mass is 10.0. The van der Waals surface area contributed by atoms with Crippen LogP contribution in [0.2, 0.25) is 5.02 Å². The summed E-state index contributed by atoms with van der Waals surface area (Å²) in [5, 5.41) is 1.12. The molecule has 0 unspecified atom stereocenters. The van der Waals surface area contributed by atoms with E-state index in [0.717, 1.165) is 11.1 Å². The first-order valence-electron chi connectivity index (χ1n) is 9.88. The van der Waals surface area contributed by atoms with Gasteiger partial charge < -0.3 is 20.0 Å². The number of para-hydroxylation sites is 1. The summed E-state index contributed by atoms with van der Waals surface area (Å²) < 4.78 is 7.70. The van der Waals surface area contributed by atoms with Crippen LogP contribution in [0.5, 0.6) is 11.5 Å². The molecule has 3 N–H and O–H groups in total. The molecule has 7 heteroatoms. The van der Waals surface area contributed by atoms with E-state index in [4.69, 9.17) is 22.1 Å². The number of Topliss-reactive ketones (excluding diaryl/α,β-unsaturated/α-hetero) is 1. The Morgan fingerprint density at radius 2 is 1.97 bits per heavy atom. The average molecular weight is 436 g/mol. The summed E-state index contributed by atoms with van der Waals surface area (Å²) in [6.07, 6.45) is 2.06. The zero-order valence-corrected chi connectivity index (χ0v) is 18.2. The van der Waals surface area contributed by atoms with Crippen LogP contribution in [0, 0.1) is 6.92 Å². The maximum absolute atomic E-state index is 12.7. The van der Waals surface area contributed by atoms with Crippen LogP contribution in [0.25, 0.3) is 22.0 Å². The lowest BCUT2D eigenvalue weighted by Crippen LogP contribution is -2.16. The summed E-state index contributed by atoms with van der Waals surface area (Å²) in [5.41, 5.74) is 9.47. The Hall–Kier alpha value is -3.51. The molecule has 0 amide bonds. The van der Waals surface area contributed by atoms with Crippen LogP contribution < -0.4 is 16.0 Å². The van der Waals surface area contributed by atoms with Gasteiger partial charge in [0.2, 0.25) is 0 Å². The third-order valence-corrected chi connectivity index (χ3v) is 5.55. The first-order valence-corrected chi connectivity index (χ1v) is 10.3. The molecule has 0 spiro atoms. The van der Waals surface area contributed by atoms with Crippen LogP contribution in [0.1, 0.15) is 29.4 Å². The largest absolute Gasteiger partial charge is 0.455 e. The number of pyridine rings is 1. The minimum atomic E-state index is -0.220. The van der Waals surface area contributed by atoms with Gasteiger partial charge in [-0.3, -0.25) is 9.59 Å². The number of nitrogens with two attached hydrogens (primary N) is 1. The number of aromatic nitrogens is 2. The summed E-state index contributed by atoms with van der Waals surface area (Å²) in [7, 11) is 1.67. The number of carbonyl (C=O) groups excluding carboxylic acids is 1. The number of fused-ring (bicyclic) bond motifs is 1. The lowest BCUT2D eigenvalue weighted by molar-refractivity contribution is 0.0984. The lowest BCUT2D eigenvalue weighted by Gasteiger charge is -2.16. The van der Waals surface area contributed by atoms with Crippen molar-refractivity contribution >= 4 is 34.0 Å². The molecular weight excluding hydrogens is 414 g/mol. The standard InChI is InChI=1S/C24H22ClN3O3/c1-4-20(29)19-11-16-17(12-28(3)24(30)22(16)27-19)15-10-14(26)8-9-21(15)31-23-13(2)6-5-7-18(23)25/h5-12,27H,4,26H2,1-3H3. The highest BCUT2D eigenvalue weighted by Crippen LogP contribution is 2.40. The summed E-state index contributed by atoms with van der Waals surface area (Å²) in [6, 6.07) is 12.6. The SMILES string of the molecule is CCC(=O)c1cc2c(-c3cc(N)ccc3Oc3c(C)cccc3Cl)cn(C)c(=O)c2[nH]1. The molecule has 4 rings (SSSR count). The quantitative estimate of drug-likeness (QED) is 0.321. The minimum absolute atomic E-state index is 0.0695. The van der Waals surface area contributed by atoms with Gasteiger partial charge in [0.15, 0.2) is 5.78 Å². The van der Waals surface area contributed by atoms with E-state index >= 15 is 0 Å². The Balaban J connectivity index is 1.97. The zero-order chi connectivity index (χ0) is 22.3. The van der Waals surface area contributed by atoms with E-state index in [1.54, 1.807) is 50.5 Å². The van der Waals surface area contributed by atoms with Gasteiger partial charge in [0, 0.05) is 41.9 Å². The monoisotopic (exact) mass is 435 g/mol. The van der Waals surface area contributed by atoms with Gasteiger partial charge in [-0.25, -0.2) is 0 Å². The number of nitrogen functional groups attached to an aromatic ring is 1. The highest BCUT2D eigenvalue weighted by molar-refractivity contribution is 6.32. The maximum atomic E-state index is 12.7. The van der Waals surface area contributed by atoms with E-state index in [0.29, 0.717) is 50.8 Å². The number of ketones is 1. The third-order valence-electron chi connectivity index (χ3n) is 5.26. The number of ether oxygens (including phenoxy) is 1. The van der Waals surface area contributed by atoms with Crippen LogP contribution >= 0.6 is 11.6 Å². The second kappa shape index (κ2) is 7.96. The van der Waals surface area contributed by atoms with Crippen LogP contribution in [0.3, 0.4) is 0 Å². The Morgan fingerprint density at radius 1 is 1.19 bits per heavy atom. The smallest absolute Gasteiger partial charge is 0.274 e. The number of nitrogens with one attached hydrogen (secondary N) is 1. The second-order valence-corrected chi connectivity index (χ2v) is 7.86. The second-order valence-electron chi connectivity index (χ2n) is 7.45. The normalized spacial score (nSPS) is 11.1. The number of rotatable bonds is 5. The molecule has 0 bridgehead atoms. The van der Waals surface area contributed by atoms with Crippen molar-refractivity contribution in [1.82, 2.24) is 9.55 Å². The summed E-state index contributed by atoms with van der Waals surface area (Å²) in [5.74, 6) is 1.02. The highest BCUT2D eigenvalue weighted by atomic mass is 35.5. The Labute approximate surface area is 184 Å². The number of hydrogen-bond donors (Lipinski definition) is 2. The highest BCUT2D eigenvalue weighted by Gasteiger charge is 2.19. The molecule has 2 heterocycles. The van der Waals surface area contributed by atoms with Gasteiger partial charge in [0.25, 0.3) is 5.56 Å². The molecule has 0 saturated heterocycles. The van der Waals surface area contributed by atoms with Crippen molar-refractivity contribution < 1.29 is 9.53 Å². The molecule has 0 fully saturated rings. The molecule has 31 heavy (non-hydrogen) atoms. The number of carbonyl (C=O) groups is 1. The number of benzene rings is 2. The number of H-pyrrole nitrogens is 1. The van der Waals surface area contributed by atoms with Crippen molar-refractivity contribution in [3.63, 3.8) is 0 Å². The van der Waals surface area contributed by atoms with Gasteiger partial charge in [-0.15, -0.1) is 0 Å². The van der Waals surface area contributed by atoms with E-state index in [2.05, 4.69) is 4.98 Å². The van der Waals surface area contributed by atoms with Crippen molar-refractivity contribution in [3.8, 4) is 22.6 Å². The van der Waals surface area contributed by atoms with Crippen molar-refractivity contribution in [1.29, 1.82) is 0 Å². The molecule has 2 aromatic carbocycles. The molecule has 0 aliphatic carbocycles. The molecule has 0 radical (unpaired) electrons. The number of aromatic amines is 1. The van der Waals surface area contributed by atoms with Crippen LogP contribution in [-0.4, -0.2) is 15.3 Å². The van der Waals surface area contributed by atoms with Gasteiger partial charge in [-0.1, -0.05) is 30.7 Å². The molecule has 0 aliphatic heterocycles. The van der Waals surface area contributed by atoms with Crippen LogP contribution in [-0.2, 0) is 7.05 Å². The average Bonchev–Trinajstić information content (AvgIpc) is 3.19. The fourth-order valence-corrected chi connectivity index (χ4v) is 3.85. The first kappa shape index (κ1) is 20.8. The topological polar surface area (TPSA) is 90.1 Å². The number of aryl methyl sites for hydroxylation is 2. The fraction of sp³-hybridized carbons (Fsp3) is 0.167. The molecular formula is C24H22ClN3O3. The molecule has 6 nitrogen and oxygen atoms in total. The summed E-state index contributed by atoms with van der Waals surface area (Å²) in [6.45, 7) is 3.69. The Morgan fingerprint density at radius 3 is 2.68 bits per heavy atom. The minimum Gasteiger partial charge on any atom is -0.455 e. The molecule has 0 saturated carbocycles. The number of hydrogen-bond acceptors (Lipinski definition) is 4. The van der Waals surface area contributed by atoms with Gasteiger partial charge in [-0.2, -0.15) is 0 Å². The molecule has 2 aromatic heterocycles. The van der Waals surface area contributed by atoms with Gasteiger partial charge in [0.1, 0.15) is 17.0 Å². The van der Waals surface area contributed by atoms with Crippen molar-refractivity contribution in [2.45, 2.75) is 20.3 Å². The summed E-state index contributed by atoms with van der Waals surface area (Å²) >= 11 is 6.37. The fourth-order valence-electron chi connectivity index (χ4n) is 3.59. The summed E-state index contributed by atoms with van der Waals surface area (Å²) in [4.78, 5) is 28.0. The van der Waals surface area contributed by atoms with Crippen molar-refractivity contribution in [3.05, 3.63) is 75.3 Å². The predicted molar refractivity (Wildman–Crippen MR) is 124 cm³/mol. The van der Waals surface area contributed by atoms with E-state index < -0.39 is 0 Å². The van der Waals surface area contributed by atoms with E-state index in [-0.39, 0.29) is 11.3 Å². The number of anilines is 1. The van der Waals surface area contributed by atoms with Crippen LogP contribution in [0.4, 0.5) is 5.69 Å². The maximum Gasteiger partial charge on any atom is 0.274 e. The molecule has 0 aliphatic rings. The van der Waals surface area contributed by atoms with E-state index in [1.807, 2.05) is 19.1 Å². The van der Waals surface area contributed by atoms with Crippen LogP contribution in [0.15, 0.2) is 53.5 Å². The van der Waals surface area contributed by atoms with Crippen molar-refractivity contribution in [2.24, 2.45) is 7.05 Å². The first-order chi connectivity index (χ1) is 14.8. The molecule has 4 aromatic rings. The van der Waals surface area contributed by atoms with E-state index in [9.17, 15) is 9.59 Å². The van der Waals surface area contributed by atoms with Gasteiger partial charge in [-0.05, 0) is 42.8 Å².